The molecule has 0 saturated heterocycles. The lowest BCUT2D eigenvalue weighted by atomic mass is 10.5. The van der Waals surface area contributed by atoms with E-state index >= 15 is 0 Å². The van der Waals surface area contributed by atoms with Crippen LogP contribution in [0.5, 0.6) is 0 Å². The molecule has 0 saturated carbocycles. The van der Waals surface area contributed by atoms with E-state index in [-0.39, 0.29) is 6.42 Å². The summed E-state index contributed by atoms with van der Waals surface area (Å²) < 4.78 is 59.6. The molecule has 0 radical (unpaired) electrons. The minimum atomic E-state index is -5.44. The molecule has 0 rings (SSSR count). The van der Waals surface area contributed by atoms with Crippen molar-refractivity contribution < 1.29 is 25.8 Å². The Morgan fingerprint density at radius 1 is 1.46 bits per heavy atom. The van der Waals surface area contributed by atoms with E-state index in [1.807, 2.05) is 0 Å². The van der Waals surface area contributed by atoms with E-state index in [0.29, 0.717) is 3.58 Å². The Bertz CT molecular complexity index is 282. The van der Waals surface area contributed by atoms with Gasteiger partial charge in [0, 0.05) is 6.42 Å². The van der Waals surface area contributed by atoms with Crippen LogP contribution in [0.15, 0.2) is 10.2 Å². The van der Waals surface area contributed by atoms with Gasteiger partial charge >= 0.3 is 15.6 Å². The smallest absolute Gasteiger partial charge is 0.263 e. The van der Waals surface area contributed by atoms with E-state index in [9.17, 15) is 21.6 Å². The molecule has 13 heavy (non-hydrogen) atoms. The van der Waals surface area contributed by atoms with Crippen LogP contribution >= 0.6 is 22.6 Å². The summed E-state index contributed by atoms with van der Waals surface area (Å²) in [4.78, 5) is 0. The van der Waals surface area contributed by atoms with Crippen LogP contribution in [0.4, 0.5) is 13.2 Å². The molecular weight excluding hydrogens is 324 g/mol. The molecule has 0 aromatic carbocycles. The van der Waals surface area contributed by atoms with E-state index in [1.54, 1.807) is 22.6 Å². The van der Waals surface area contributed by atoms with Gasteiger partial charge in [-0.05, 0) is 26.2 Å². The second-order valence-corrected chi connectivity index (χ2v) is 5.12. The molecule has 0 aliphatic carbocycles. The summed E-state index contributed by atoms with van der Waals surface area (Å²) in [6.45, 7) is 2.83. The van der Waals surface area contributed by atoms with E-state index in [0.717, 1.165) is 0 Å². The predicted molar refractivity (Wildman–Crippen MR) is 48.7 cm³/mol. The van der Waals surface area contributed by atoms with Gasteiger partial charge in [0.25, 0.3) is 0 Å². The predicted octanol–water partition coefficient (Wildman–Crippen LogP) is 2.19. The fourth-order valence-corrected chi connectivity index (χ4v) is 0.986. The van der Waals surface area contributed by atoms with Crippen molar-refractivity contribution in [2.24, 2.45) is 0 Å². The lowest BCUT2D eigenvalue weighted by molar-refractivity contribution is -0.0541. The van der Waals surface area contributed by atoms with Crippen molar-refractivity contribution in [3.05, 3.63) is 10.2 Å². The Balaban J connectivity index is 4.15. The topological polar surface area (TPSA) is 43.4 Å². The molecule has 0 fully saturated rings. The summed E-state index contributed by atoms with van der Waals surface area (Å²) in [6, 6.07) is 0. The Kier molecular flexibility index (Phi) is 4.66. The van der Waals surface area contributed by atoms with Gasteiger partial charge in [0.15, 0.2) is 0 Å². The summed E-state index contributed by atoms with van der Waals surface area (Å²) in [5, 5.41) is 0. The minimum absolute atomic E-state index is 0.0653. The van der Waals surface area contributed by atoms with Crippen LogP contribution < -0.4 is 0 Å². The summed E-state index contributed by atoms with van der Waals surface area (Å²) in [7, 11) is -5.44. The maximum Gasteiger partial charge on any atom is 0.523 e. The van der Waals surface area contributed by atoms with Gasteiger partial charge < -0.3 is 0 Å². The molecule has 0 atom stereocenters. The molecule has 0 aromatic heterocycles. The number of hydrogen-bond acceptors (Lipinski definition) is 3. The highest BCUT2D eigenvalue weighted by atomic mass is 127. The maximum absolute atomic E-state index is 11.6. The van der Waals surface area contributed by atoms with Crippen molar-refractivity contribution >= 4 is 32.7 Å². The zero-order valence-electron chi connectivity index (χ0n) is 6.27. The summed E-state index contributed by atoms with van der Waals surface area (Å²) in [5.74, 6) is 0. The molecule has 0 heterocycles. The molecule has 0 spiro atoms. The fourth-order valence-electron chi connectivity index (χ4n) is 0.329. The van der Waals surface area contributed by atoms with Crippen LogP contribution in [0.1, 0.15) is 6.42 Å². The van der Waals surface area contributed by atoms with Crippen LogP contribution in [0.2, 0.25) is 0 Å². The number of rotatable bonds is 4. The van der Waals surface area contributed by atoms with Crippen LogP contribution in [-0.2, 0) is 14.3 Å². The molecule has 0 unspecified atom stereocenters. The van der Waals surface area contributed by atoms with Gasteiger partial charge in [-0.2, -0.15) is 21.6 Å². The number of hydrogen-bond donors (Lipinski definition) is 0. The third-order valence-corrected chi connectivity index (χ3v) is 2.48. The first-order valence-corrected chi connectivity index (χ1v) is 5.44. The van der Waals surface area contributed by atoms with E-state index < -0.39 is 22.2 Å². The largest absolute Gasteiger partial charge is 0.523 e. The minimum Gasteiger partial charge on any atom is -0.263 e. The molecule has 78 valence electrons. The summed E-state index contributed by atoms with van der Waals surface area (Å²) in [6.07, 6.45) is 0.0653. The fraction of sp³-hybridized carbons (Fsp3) is 0.600. The highest BCUT2D eigenvalue weighted by molar-refractivity contribution is 14.1. The number of halogens is 4. The van der Waals surface area contributed by atoms with Gasteiger partial charge in [0.1, 0.15) is 0 Å². The third-order valence-electron chi connectivity index (χ3n) is 0.895. The molecule has 3 nitrogen and oxygen atoms in total. The van der Waals surface area contributed by atoms with Crippen molar-refractivity contribution in [3.8, 4) is 0 Å². The first-order chi connectivity index (χ1) is 5.67. The highest BCUT2D eigenvalue weighted by Gasteiger charge is 2.47. The van der Waals surface area contributed by atoms with E-state index in [2.05, 4.69) is 10.8 Å². The Labute approximate surface area is 87.2 Å². The van der Waals surface area contributed by atoms with Crippen molar-refractivity contribution in [1.29, 1.82) is 0 Å². The molecule has 0 bridgehead atoms. The monoisotopic (exact) mass is 330 g/mol. The summed E-state index contributed by atoms with van der Waals surface area (Å²) >= 11 is 1.76. The van der Waals surface area contributed by atoms with Crippen LogP contribution in [-0.4, -0.2) is 20.5 Å². The summed E-state index contributed by atoms with van der Waals surface area (Å²) in [5.41, 5.74) is -5.35. The second-order valence-electron chi connectivity index (χ2n) is 1.99. The van der Waals surface area contributed by atoms with Gasteiger partial charge in [-0.3, -0.25) is 4.18 Å². The zero-order chi connectivity index (χ0) is 10.7. The number of alkyl halides is 3. The molecule has 0 aliphatic rings. The van der Waals surface area contributed by atoms with Gasteiger partial charge in [0.05, 0.1) is 6.61 Å². The first-order valence-electron chi connectivity index (χ1n) is 2.96. The van der Waals surface area contributed by atoms with Crippen molar-refractivity contribution in [2.45, 2.75) is 11.9 Å². The molecular formula is C5H6F3IO3S. The Hall–Kier alpha value is 0.170. The first kappa shape index (κ1) is 13.2. The molecule has 8 heteroatoms. The van der Waals surface area contributed by atoms with Crippen LogP contribution in [0, 0.1) is 0 Å². The Morgan fingerprint density at radius 2 is 1.92 bits per heavy atom. The van der Waals surface area contributed by atoms with Gasteiger partial charge in [-0.15, -0.1) is 0 Å². The SMILES string of the molecule is C=C(I)CCOS(=O)(=O)C(F)(F)F. The maximum atomic E-state index is 11.6. The highest BCUT2D eigenvalue weighted by Crippen LogP contribution is 2.25. The standard InChI is InChI=1S/C5H6F3IO3S/c1-4(9)2-3-12-13(10,11)5(6,7)8/h1-3H2. The second kappa shape index (κ2) is 4.60. The van der Waals surface area contributed by atoms with Crippen LogP contribution in [0.25, 0.3) is 0 Å². The third kappa shape index (κ3) is 4.81. The normalized spacial score (nSPS) is 12.9. The average molecular weight is 330 g/mol. The van der Waals surface area contributed by atoms with Gasteiger partial charge in [0.2, 0.25) is 0 Å². The molecule has 0 N–H and O–H groups in total. The van der Waals surface area contributed by atoms with Gasteiger partial charge in [-0.25, -0.2) is 0 Å². The molecule has 0 aromatic rings. The van der Waals surface area contributed by atoms with Gasteiger partial charge in [-0.1, -0.05) is 6.58 Å². The molecule has 0 amide bonds. The average Bonchev–Trinajstić information content (AvgIpc) is 1.82. The lowest BCUT2D eigenvalue weighted by Crippen LogP contribution is -2.25. The quantitative estimate of drug-likeness (QED) is 0.451. The van der Waals surface area contributed by atoms with E-state index in [4.69, 9.17) is 0 Å². The van der Waals surface area contributed by atoms with Crippen molar-refractivity contribution in [2.75, 3.05) is 6.61 Å². The van der Waals surface area contributed by atoms with Crippen molar-refractivity contribution in [1.82, 2.24) is 0 Å². The molecule has 0 aliphatic heterocycles. The van der Waals surface area contributed by atoms with Crippen LogP contribution in [0.3, 0.4) is 0 Å². The van der Waals surface area contributed by atoms with Crippen molar-refractivity contribution in [3.63, 3.8) is 0 Å². The zero-order valence-corrected chi connectivity index (χ0v) is 9.24. The van der Waals surface area contributed by atoms with E-state index in [1.165, 1.54) is 0 Å². The Morgan fingerprint density at radius 3 is 2.23 bits per heavy atom. The lowest BCUT2D eigenvalue weighted by Gasteiger charge is -2.07.